The van der Waals surface area contributed by atoms with E-state index in [9.17, 15) is 13.2 Å². The topological polar surface area (TPSA) is 97.4 Å². The van der Waals surface area contributed by atoms with E-state index in [1.807, 2.05) is 36.6 Å². The molecule has 0 radical (unpaired) electrons. The molecule has 1 atom stereocenters. The molecule has 0 aliphatic heterocycles. The lowest BCUT2D eigenvalue weighted by Gasteiger charge is -2.11. The lowest BCUT2D eigenvalue weighted by atomic mass is 10.2. The largest absolute Gasteiger partial charge is 0.497 e. The summed E-state index contributed by atoms with van der Waals surface area (Å²) in [5.74, 6) is 0.606. The van der Waals surface area contributed by atoms with Crippen molar-refractivity contribution in [2.24, 2.45) is 0 Å². The number of thioether (sulfide) groups is 1. The van der Waals surface area contributed by atoms with Crippen LogP contribution in [0.2, 0.25) is 0 Å². The molecule has 1 unspecified atom stereocenters. The van der Waals surface area contributed by atoms with E-state index in [0.29, 0.717) is 10.8 Å². The van der Waals surface area contributed by atoms with Gasteiger partial charge in [0.25, 0.3) is 10.0 Å². The van der Waals surface area contributed by atoms with Crippen molar-refractivity contribution in [1.82, 2.24) is 4.98 Å². The number of carbonyl (C=O) groups excluding carboxylic acids is 1. The Kier molecular flexibility index (Phi) is 7.57. The van der Waals surface area contributed by atoms with Crippen LogP contribution in [-0.2, 0) is 14.8 Å². The van der Waals surface area contributed by atoms with Gasteiger partial charge in [-0.15, -0.1) is 34.4 Å². The lowest BCUT2D eigenvalue weighted by Crippen LogP contribution is -2.22. The van der Waals surface area contributed by atoms with Crippen molar-refractivity contribution in [3.05, 3.63) is 71.4 Å². The van der Waals surface area contributed by atoms with E-state index < -0.39 is 10.0 Å². The molecule has 34 heavy (non-hydrogen) atoms. The summed E-state index contributed by atoms with van der Waals surface area (Å²) in [5.41, 5.74) is 2.18. The van der Waals surface area contributed by atoms with Gasteiger partial charge in [-0.05, 0) is 66.9 Å². The normalized spacial score (nSPS) is 12.2. The third kappa shape index (κ3) is 5.98. The zero-order chi connectivity index (χ0) is 24.1. The van der Waals surface area contributed by atoms with Gasteiger partial charge in [0.05, 0.1) is 18.1 Å². The van der Waals surface area contributed by atoms with Gasteiger partial charge in [0.1, 0.15) is 9.96 Å². The Hall–Kier alpha value is -2.86. The van der Waals surface area contributed by atoms with Gasteiger partial charge in [-0.2, -0.15) is 0 Å². The average molecular weight is 532 g/mol. The average Bonchev–Trinajstić information content (AvgIpc) is 3.53. The van der Waals surface area contributed by atoms with Crippen LogP contribution in [-0.4, -0.2) is 31.7 Å². The van der Waals surface area contributed by atoms with Gasteiger partial charge in [-0.1, -0.05) is 6.07 Å². The number of nitrogens with zero attached hydrogens (tertiary/aromatic N) is 1. The number of rotatable bonds is 9. The maximum atomic E-state index is 12.7. The van der Waals surface area contributed by atoms with Gasteiger partial charge in [-0.25, -0.2) is 13.4 Å². The van der Waals surface area contributed by atoms with E-state index in [1.54, 1.807) is 48.9 Å². The molecule has 2 aromatic carbocycles. The molecule has 7 nitrogen and oxygen atoms in total. The molecule has 0 aliphatic carbocycles. The van der Waals surface area contributed by atoms with Gasteiger partial charge in [0, 0.05) is 21.5 Å². The molecule has 0 spiro atoms. The fraction of sp³-hybridized carbons (Fsp3) is 0.130. The Balaban J connectivity index is 1.33. The minimum absolute atomic E-state index is 0.164. The van der Waals surface area contributed by atoms with Crippen molar-refractivity contribution in [2.45, 2.75) is 21.3 Å². The predicted octanol–water partition coefficient (Wildman–Crippen LogP) is 5.80. The summed E-state index contributed by atoms with van der Waals surface area (Å²) in [6.07, 6.45) is 0. The highest BCUT2D eigenvalue weighted by atomic mass is 32.2. The fourth-order valence-electron chi connectivity index (χ4n) is 2.91. The number of sulfonamides is 1. The van der Waals surface area contributed by atoms with E-state index in [4.69, 9.17) is 4.74 Å². The molecule has 4 rings (SSSR count). The first-order chi connectivity index (χ1) is 16.3. The van der Waals surface area contributed by atoms with Gasteiger partial charge in [0.2, 0.25) is 5.91 Å². The molecule has 0 aliphatic rings. The Morgan fingerprint density at radius 2 is 1.79 bits per heavy atom. The summed E-state index contributed by atoms with van der Waals surface area (Å²) in [7, 11) is -1.97. The summed E-state index contributed by atoms with van der Waals surface area (Å²) < 4.78 is 32.7. The molecule has 2 N–H and O–H groups in total. The number of aromatic nitrogens is 1. The van der Waals surface area contributed by atoms with Crippen LogP contribution in [0.25, 0.3) is 11.3 Å². The van der Waals surface area contributed by atoms with Gasteiger partial charge >= 0.3 is 0 Å². The number of hydrogen-bond donors (Lipinski definition) is 2. The van der Waals surface area contributed by atoms with Crippen molar-refractivity contribution < 1.29 is 17.9 Å². The molecule has 2 heterocycles. The SMILES string of the molecule is COc1ccc(-c2csc(NC(=O)C(C)Sc3ccc(NS(=O)(=O)c4cccs4)cc3)n2)cc1. The smallest absolute Gasteiger partial charge is 0.271 e. The Morgan fingerprint density at radius 3 is 2.44 bits per heavy atom. The molecule has 0 bridgehead atoms. The molecule has 4 aromatic rings. The number of thiazole rings is 1. The van der Waals surface area contributed by atoms with Crippen LogP contribution in [0.4, 0.5) is 10.8 Å². The summed E-state index contributed by atoms with van der Waals surface area (Å²) >= 11 is 3.90. The molecule has 0 fully saturated rings. The van der Waals surface area contributed by atoms with Crippen molar-refractivity contribution in [3.63, 3.8) is 0 Å². The number of nitrogens with one attached hydrogen (secondary N) is 2. The summed E-state index contributed by atoms with van der Waals surface area (Å²) in [6, 6.07) is 17.7. The van der Waals surface area contributed by atoms with Crippen LogP contribution in [0.3, 0.4) is 0 Å². The quantitative estimate of drug-likeness (QED) is 0.265. The molecular formula is C23H21N3O4S4. The van der Waals surface area contributed by atoms with Crippen LogP contribution in [0.1, 0.15) is 6.92 Å². The number of amides is 1. The van der Waals surface area contributed by atoms with Crippen LogP contribution in [0.5, 0.6) is 5.75 Å². The van der Waals surface area contributed by atoms with Gasteiger partial charge in [-0.3, -0.25) is 9.52 Å². The maximum absolute atomic E-state index is 12.7. The maximum Gasteiger partial charge on any atom is 0.271 e. The first-order valence-corrected chi connectivity index (χ1v) is 14.2. The van der Waals surface area contributed by atoms with Crippen molar-refractivity contribution in [2.75, 3.05) is 17.1 Å². The van der Waals surface area contributed by atoms with Crippen LogP contribution in [0.15, 0.2) is 80.5 Å². The Labute approximate surface area is 210 Å². The number of anilines is 2. The molecule has 1 amide bonds. The second-order valence-corrected chi connectivity index (χ2v) is 12.2. The van der Waals surface area contributed by atoms with Crippen LogP contribution >= 0.6 is 34.4 Å². The molecular weight excluding hydrogens is 511 g/mol. The predicted molar refractivity (Wildman–Crippen MR) is 140 cm³/mol. The highest BCUT2D eigenvalue weighted by Gasteiger charge is 2.18. The fourth-order valence-corrected chi connectivity index (χ4v) is 6.56. The third-order valence-corrected chi connectivity index (χ3v) is 9.32. The molecule has 2 aromatic heterocycles. The third-order valence-electron chi connectivity index (χ3n) is 4.67. The van der Waals surface area contributed by atoms with E-state index >= 15 is 0 Å². The first-order valence-electron chi connectivity index (χ1n) is 10.1. The number of thiophene rings is 1. The summed E-state index contributed by atoms with van der Waals surface area (Å²) in [6.45, 7) is 1.81. The number of ether oxygens (including phenoxy) is 1. The highest BCUT2D eigenvalue weighted by Crippen LogP contribution is 2.29. The zero-order valence-electron chi connectivity index (χ0n) is 18.2. The highest BCUT2D eigenvalue weighted by molar-refractivity contribution is 8.00. The van der Waals surface area contributed by atoms with E-state index in [1.165, 1.54) is 23.1 Å². The lowest BCUT2D eigenvalue weighted by molar-refractivity contribution is -0.115. The summed E-state index contributed by atoms with van der Waals surface area (Å²) in [4.78, 5) is 18.0. The Bertz CT molecular complexity index is 1350. The van der Waals surface area contributed by atoms with Crippen molar-refractivity contribution in [3.8, 4) is 17.0 Å². The molecule has 176 valence electrons. The molecule has 11 heteroatoms. The Morgan fingerprint density at radius 1 is 1.06 bits per heavy atom. The van der Waals surface area contributed by atoms with Gasteiger partial charge < -0.3 is 10.1 Å². The van der Waals surface area contributed by atoms with Gasteiger partial charge in [0.15, 0.2) is 5.13 Å². The second-order valence-electron chi connectivity index (χ2n) is 7.08. The number of carbonyl (C=O) groups is 1. The minimum Gasteiger partial charge on any atom is -0.497 e. The number of hydrogen-bond acceptors (Lipinski definition) is 8. The molecule has 0 saturated heterocycles. The molecule has 0 saturated carbocycles. The van der Waals surface area contributed by atoms with E-state index in [-0.39, 0.29) is 15.4 Å². The van der Waals surface area contributed by atoms with E-state index in [0.717, 1.165) is 33.2 Å². The second kappa shape index (κ2) is 10.6. The van der Waals surface area contributed by atoms with Crippen LogP contribution in [0, 0.1) is 0 Å². The standard InChI is InChI=1S/C23H21N3O4S4/c1-15(22(27)25-23-24-20(14-32-23)16-5-9-18(30-2)10-6-16)33-19-11-7-17(8-12-19)26-34(28,29)21-4-3-13-31-21/h3-15,26H,1-2H3,(H,24,25,27). The number of benzene rings is 2. The minimum atomic E-state index is -3.59. The first kappa shape index (κ1) is 24.3. The summed E-state index contributed by atoms with van der Waals surface area (Å²) in [5, 5.41) is 6.63. The number of methoxy groups -OCH3 is 1. The van der Waals surface area contributed by atoms with E-state index in [2.05, 4.69) is 15.0 Å². The zero-order valence-corrected chi connectivity index (χ0v) is 21.5. The monoisotopic (exact) mass is 531 g/mol. The van der Waals surface area contributed by atoms with Crippen molar-refractivity contribution in [1.29, 1.82) is 0 Å². The van der Waals surface area contributed by atoms with Crippen LogP contribution < -0.4 is 14.8 Å². The van der Waals surface area contributed by atoms with Crippen molar-refractivity contribution >= 4 is 61.2 Å².